The predicted octanol–water partition coefficient (Wildman–Crippen LogP) is 2.83. The molecule has 0 heterocycles. The highest BCUT2D eigenvalue weighted by Crippen LogP contribution is 2.25. The standard InChI is InChI=1S/C20H24N2O2/c1-3-14(2)18(19(21)23)22-20(24)17(15-10-6-4-7-11-15)16-12-8-5-9-13-16/h4-14,17-18H,3H2,1-2H3,(H2,21,23)(H,22,24)/t14-,18-/m1/s1. The van der Waals surface area contributed by atoms with Gasteiger partial charge in [-0.25, -0.2) is 0 Å². The van der Waals surface area contributed by atoms with Crippen LogP contribution in [0.5, 0.6) is 0 Å². The average Bonchev–Trinajstić information content (AvgIpc) is 2.61. The van der Waals surface area contributed by atoms with Crippen molar-refractivity contribution >= 4 is 11.8 Å². The van der Waals surface area contributed by atoms with Gasteiger partial charge in [-0.2, -0.15) is 0 Å². The van der Waals surface area contributed by atoms with Crippen molar-refractivity contribution in [3.63, 3.8) is 0 Å². The van der Waals surface area contributed by atoms with Crippen LogP contribution in [0, 0.1) is 5.92 Å². The second-order valence-electron chi connectivity index (χ2n) is 6.03. The Morgan fingerprint density at radius 3 is 1.79 bits per heavy atom. The van der Waals surface area contributed by atoms with Gasteiger partial charge in [0, 0.05) is 0 Å². The molecular formula is C20H24N2O2. The molecule has 0 fully saturated rings. The molecule has 3 N–H and O–H groups in total. The number of hydrogen-bond acceptors (Lipinski definition) is 2. The highest BCUT2D eigenvalue weighted by Gasteiger charge is 2.29. The molecule has 0 spiro atoms. The van der Waals surface area contributed by atoms with E-state index < -0.39 is 17.9 Å². The molecule has 0 aromatic heterocycles. The van der Waals surface area contributed by atoms with Crippen molar-refractivity contribution in [3.05, 3.63) is 71.8 Å². The first-order chi connectivity index (χ1) is 11.5. The topological polar surface area (TPSA) is 72.2 Å². The number of carbonyl (C=O) groups is 2. The Kier molecular flexibility index (Phi) is 6.13. The molecule has 4 nitrogen and oxygen atoms in total. The number of hydrogen-bond donors (Lipinski definition) is 2. The summed E-state index contributed by atoms with van der Waals surface area (Å²) in [6.45, 7) is 3.88. The summed E-state index contributed by atoms with van der Waals surface area (Å²) < 4.78 is 0. The van der Waals surface area contributed by atoms with E-state index in [1.807, 2.05) is 74.5 Å². The van der Waals surface area contributed by atoms with Crippen molar-refractivity contribution in [2.75, 3.05) is 0 Å². The third-order valence-corrected chi connectivity index (χ3v) is 4.35. The zero-order chi connectivity index (χ0) is 17.5. The van der Waals surface area contributed by atoms with Gasteiger partial charge in [0.1, 0.15) is 6.04 Å². The van der Waals surface area contributed by atoms with Crippen molar-refractivity contribution in [1.29, 1.82) is 0 Å². The third kappa shape index (κ3) is 4.22. The minimum atomic E-state index is -0.669. The second kappa shape index (κ2) is 8.29. The molecule has 2 aromatic carbocycles. The maximum absolute atomic E-state index is 13.0. The van der Waals surface area contributed by atoms with E-state index in [4.69, 9.17) is 5.73 Å². The molecule has 0 aliphatic heterocycles. The molecule has 126 valence electrons. The summed E-state index contributed by atoms with van der Waals surface area (Å²) in [4.78, 5) is 24.7. The molecule has 4 heteroatoms. The zero-order valence-electron chi connectivity index (χ0n) is 14.1. The summed E-state index contributed by atoms with van der Waals surface area (Å²) in [5, 5.41) is 2.85. The molecule has 0 aliphatic carbocycles. The highest BCUT2D eigenvalue weighted by molar-refractivity contribution is 5.92. The van der Waals surface area contributed by atoms with Gasteiger partial charge in [-0.15, -0.1) is 0 Å². The number of nitrogens with two attached hydrogens (primary N) is 1. The number of amides is 2. The minimum Gasteiger partial charge on any atom is -0.368 e. The van der Waals surface area contributed by atoms with E-state index in [0.29, 0.717) is 0 Å². The molecule has 2 aromatic rings. The van der Waals surface area contributed by atoms with E-state index in [2.05, 4.69) is 5.32 Å². The van der Waals surface area contributed by atoms with Gasteiger partial charge in [0.15, 0.2) is 0 Å². The summed E-state index contributed by atoms with van der Waals surface area (Å²) in [6, 6.07) is 18.4. The lowest BCUT2D eigenvalue weighted by Gasteiger charge is -2.25. The lowest BCUT2D eigenvalue weighted by atomic mass is 9.89. The van der Waals surface area contributed by atoms with Crippen LogP contribution in [-0.2, 0) is 9.59 Å². The van der Waals surface area contributed by atoms with E-state index in [9.17, 15) is 9.59 Å². The largest absolute Gasteiger partial charge is 0.368 e. The molecule has 0 unspecified atom stereocenters. The Morgan fingerprint density at radius 2 is 1.42 bits per heavy atom. The van der Waals surface area contributed by atoms with Gasteiger partial charge in [-0.3, -0.25) is 9.59 Å². The van der Waals surface area contributed by atoms with Gasteiger partial charge in [-0.1, -0.05) is 80.9 Å². The first kappa shape index (κ1) is 17.7. The van der Waals surface area contributed by atoms with Gasteiger partial charge in [0.05, 0.1) is 5.92 Å². The highest BCUT2D eigenvalue weighted by atomic mass is 16.2. The van der Waals surface area contributed by atoms with Crippen molar-refractivity contribution in [1.82, 2.24) is 5.32 Å². The molecule has 2 amide bonds. The molecular weight excluding hydrogens is 300 g/mol. The van der Waals surface area contributed by atoms with Crippen molar-refractivity contribution < 1.29 is 9.59 Å². The lowest BCUT2D eigenvalue weighted by molar-refractivity contribution is -0.128. The van der Waals surface area contributed by atoms with Crippen LogP contribution in [0.3, 0.4) is 0 Å². The molecule has 2 rings (SSSR count). The fourth-order valence-electron chi connectivity index (χ4n) is 2.75. The molecule has 24 heavy (non-hydrogen) atoms. The number of benzene rings is 2. The summed E-state index contributed by atoms with van der Waals surface area (Å²) in [6.07, 6.45) is 0.759. The first-order valence-electron chi connectivity index (χ1n) is 8.24. The molecule has 0 saturated carbocycles. The van der Waals surface area contributed by atoms with Crippen molar-refractivity contribution in [2.24, 2.45) is 11.7 Å². The minimum absolute atomic E-state index is 0.0151. The Bertz CT molecular complexity index is 631. The first-order valence-corrected chi connectivity index (χ1v) is 8.24. The van der Waals surface area contributed by atoms with E-state index in [0.717, 1.165) is 17.5 Å². The maximum Gasteiger partial charge on any atom is 0.240 e. The van der Waals surface area contributed by atoms with E-state index in [1.54, 1.807) is 0 Å². The molecule has 0 aliphatic rings. The van der Waals surface area contributed by atoms with Crippen LogP contribution < -0.4 is 11.1 Å². The molecule has 0 radical (unpaired) electrons. The quantitative estimate of drug-likeness (QED) is 0.822. The van der Waals surface area contributed by atoms with Gasteiger partial charge >= 0.3 is 0 Å². The van der Waals surface area contributed by atoms with Crippen LogP contribution in [0.4, 0.5) is 0 Å². The Balaban J connectivity index is 2.34. The van der Waals surface area contributed by atoms with E-state index in [1.165, 1.54) is 0 Å². The van der Waals surface area contributed by atoms with Gasteiger partial charge in [0.25, 0.3) is 0 Å². The number of nitrogens with one attached hydrogen (secondary N) is 1. The molecule has 0 saturated heterocycles. The monoisotopic (exact) mass is 324 g/mol. The number of primary amides is 1. The average molecular weight is 324 g/mol. The van der Waals surface area contributed by atoms with E-state index >= 15 is 0 Å². The van der Waals surface area contributed by atoms with Crippen LogP contribution in [0.15, 0.2) is 60.7 Å². The van der Waals surface area contributed by atoms with Crippen LogP contribution >= 0.6 is 0 Å². The smallest absolute Gasteiger partial charge is 0.240 e. The van der Waals surface area contributed by atoms with Gasteiger partial charge < -0.3 is 11.1 Å². The lowest BCUT2D eigenvalue weighted by Crippen LogP contribution is -2.49. The second-order valence-corrected chi connectivity index (χ2v) is 6.03. The molecule has 2 atom stereocenters. The summed E-state index contributed by atoms with van der Waals surface area (Å²) in [5.41, 5.74) is 7.25. The Labute approximate surface area is 143 Å². The van der Waals surface area contributed by atoms with Crippen molar-refractivity contribution in [2.45, 2.75) is 32.2 Å². The fraction of sp³-hybridized carbons (Fsp3) is 0.300. The Hall–Kier alpha value is -2.62. The fourth-order valence-corrected chi connectivity index (χ4v) is 2.75. The van der Waals surface area contributed by atoms with Gasteiger partial charge in [-0.05, 0) is 17.0 Å². The van der Waals surface area contributed by atoms with Crippen LogP contribution in [0.25, 0.3) is 0 Å². The SMILES string of the molecule is CC[C@@H](C)[C@@H](NC(=O)C(c1ccccc1)c1ccccc1)C(N)=O. The number of carbonyl (C=O) groups excluding carboxylic acids is 2. The maximum atomic E-state index is 13.0. The summed E-state index contributed by atoms with van der Waals surface area (Å²) in [5.74, 6) is -1.20. The van der Waals surface area contributed by atoms with Crippen LogP contribution in [-0.4, -0.2) is 17.9 Å². The summed E-state index contributed by atoms with van der Waals surface area (Å²) in [7, 11) is 0. The Morgan fingerprint density at radius 1 is 0.958 bits per heavy atom. The molecule has 0 bridgehead atoms. The summed E-state index contributed by atoms with van der Waals surface area (Å²) >= 11 is 0. The van der Waals surface area contributed by atoms with Crippen LogP contribution in [0.1, 0.15) is 37.3 Å². The van der Waals surface area contributed by atoms with Crippen molar-refractivity contribution in [3.8, 4) is 0 Å². The third-order valence-electron chi connectivity index (χ3n) is 4.35. The van der Waals surface area contributed by atoms with E-state index in [-0.39, 0.29) is 11.8 Å². The normalized spacial score (nSPS) is 13.3. The van der Waals surface area contributed by atoms with Crippen LogP contribution in [0.2, 0.25) is 0 Å². The predicted molar refractivity (Wildman–Crippen MR) is 95.3 cm³/mol. The number of rotatable bonds is 7. The zero-order valence-corrected chi connectivity index (χ0v) is 14.1. The van der Waals surface area contributed by atoms with Gasteiger partial charge in [0.2, 0.25) is 11.8 Å².